The molecular formula is C17H14ClFN2O2S2. The zero-order chi connectivity index (χ0) is 17.4. The highest BCUT2D eigenvalue weighted by Crippen LogP contribution is 2.31. The maximum atomic E-state index is 13.7. The average Bonchev–Trinajstić information content (AvgIpc) is 3.22. The SMILES string of the molecule is O=C(c1ccc(Cl)s1)N1CCC(Oc2nc3c(F)cccc3s2)CC1. The zero-order valence-corrected chi connectivity index (χ0v) is 15.5. The number of nitrogens with zero attached hydrogens (tertiary/aromatic N) is 2. The fraction of sp³-hybridized carbons (Fsp3) is 0.294. The molecule has 0 atom stereocenters. The summed E-state index contributed by atoms with van der Waals surface area (Å²) in [5.74, 6) is -0.323. The summed E-state index contributed by atoms with van der Waals surface area (Å²) in [5.41, 5.74) is 0.352. The van der Waals surface area contributed by atoms with E-state index in [1.807, 2.05) is 11.0 Å². The maximum Gasteiger partial charge on any atom is 0.274 e. The minimum absolute atomic E-state index is 0.0115. The van der Waals surface area contributed by atoms with E-state index in [9.17, 15) is 9.18 Å². The third-order valence-electron chi connectivity index (χ3n) is 4.13. The van der Waals surface area contributed by atoms with Crippen LogP contribution in [0.3, 0.4) is 0 Å². The third kappa shape index (κ3) is 3.49. The zero-order valence-electron chi connectivity index (χ0n) is 13.1. The molecule has 0 unspecified atom stereocenters. The fourth-order valence-electron chi connectivity index (χ4n) is 2.85. The van der Waals surface area contributed by atoms with Crippen molar-refractivity contribution in [2.24, 2.45) is 0 Å². The Hall–Kier alpha value is -1.70. The van der Waals surface area contributed by atoms with Crippen molar-refractivity contribution in [2.75, 3.05) is 13.1 Å². The van der Waals surface area contributed by atoms with Gasteiger partial charge in [0.2, 0.25) is 0 Å². The molecule has 1 amide bonds. The summed E-state index contributed by atoms with van der Waals surface area (Å²) in [7, 11) is 0. The van der Waals surface area contributed by atoms with Crippen molar-refractivity contribution in [3.8, 4) is 5.19 Å². The first-order chi connectivity index (χ1) is 12.1. The summed E-state index contributed by atoms with van der Waals surface area (Å²) in [5, 5.41) is 0.481. The number of hydrogen-bond acceptors (Lipinski definition) is 5. The number of ether oxygens (including phenoxy) is 1. The number of hydrogen-bond donors (Lipinski definition) is 0. The first-order valence-corrected chi connectivity index (χ1v) is 9.87. The average molecular weight is 397 g/mol. The molecule has 0 spiro atoms. The van der Waals surface area contributed by atoms with Crippen LogP contribution in [-0.2, 0) is 0 Å². The molecule has 0 aliphatic carbocycles. The van der Waals surface area contributed by atoms with Crippen molar-refractivity contribution in [1.29, 1.82) is 0 Å². The standard InChI is InChI=1S/C17H14ClFN2O2S2/c18-14-5-4-13(24-14)16(22)21-8-6-10(7-9-21)23-17-20-15-11(19)2-1-3-12(15)25-17/h1-5,10H,6-9H2. The summed E-state index contributed by atoms with van der Waals surface area (Å²) in [4.78, 5) is 19.1. The van der Waals surface area contributed by atoms with E-state index in [0.717, 1.165) is 17.5 Å². The first-order valence-electron chi connectivity index (χ1n) is 7.86. The second-order valence-corrected chi connectivity index (χ2v) is 8.49. The molecule has 3 aromatic rings. The Bertz CT molecular complexity index is 918. The molecule has 0 radical (unpaired) electrons. The minimum atomic E-state index is -0.335. The summed E-state index contributed by atoms with van der Waals surface area (Å²) < 4.78 is 21.0. The molecule has 8 heteroatoms. The van der Waals surface area contributed by atoms with Gasteiger partial charge in [0.15, 0.2) is 0 Å². The summed E-state index contributed by atoms with van der Waals surface area (Å²) in [6, 6.07) is 8.39. The number of likely N-dealkylation sites (tertiary alicyclic amines) is 1. The van der Waals surface area contributed by atoms with E-state index in [1.165, 1.54) is 28.7 Å². The van der Waals surface area contributed by atoms with Crippen molar-refractivity contribution in [2.45, 2.75) is 18.9 Å². The second kappa shape index (κ2) is 6.90. The normalized spacial score (nSPS) is 15.7. The van der Waals surface area contributed by atoms with Crippen LogP contribution in [0.4, 0.5) is 4.39 Å². The lowest BCUT2D eigenvalue weighted by Crippen LogP contribution is -2.41. The maximum absolute atomic E-state index is 13.7. The number of aromatic nitrogens is 1. The molecule has 1 fully saturated rings. The molecular weight excluding hydrogens is 383 g/mol. The monoisotopic (exact) mass is 396 g/mol. The van der Waals surface area contributed by atoms with Crippen LogP contribution < -0.4 is 4.74 Å². The Kier molecular flexibility index (Phi) is 4.62. The Morgan fingerprint density at radius 2 is 2.04 bits per heavy atom. The summed E-state index contributed by atoms with van der Waals surface area (Å²) >= 11 is 8.54. The molecule has 1 aliphatic heterocycles. The summed E-state index contributed by atoms with van der Waals surface area (Å²) in [6.45, 7) is 1.25. The number of fused-ring (bicyclic) bond motifs is 1. The lowest BCUT2D eigenvalue weighted by Gasteiger charge is -2.31. The van der Waals surface area contributed by atoms with Crippen LogP contribution in [0.25, 0.3) is 10.2 Å². The van der Waals surface area contributed by atoms with E-state index in [-0.39, 0.29) is 17.8 Å². The largest absolute Gasteiger partial charge is 0.467 e. The number of halogens is 2. The molecule has 2 aromatic heterocycles. The topological polar surface area (TPSA) is 42.4 Å². The molecule has 1 saturated heterocycles. The highest BCUT2D eigenvalue weighted by molar-refractivity contribution is 7.20. The number of thiazole rings is 1. The Morgan fingerprint density at radius 3 is 2.72 bits per heavy atom. The number of carbonyl (C=O) groups excluding carboxylic acids is 1. The number of carbonyl (C=O) groups is 1. The highest BCUT2D eigenvalue weighted by atomic mass is 35.5. The van der Waals surface area contributed by atoms with Gasteiger partial charge in [0, 0.05) is 25.9 Å². The van der Waals surface area contributed by atoms with E-state index >= 15 is 0 Å². The van der Waals surface area contributed by atoms with Crippen LogP contribution in [0.5, 0.6) is 5.19 Å². The first kappa shape index (κ1) is 16.8. The van der Waals surface area contributed by atoms with Crippen molar-refractivity contribution in [1.82, 2.24) is 9.88 Å². The van der Waals surface area contributed by atoms with Crippen LogP contribution in [0.15, 0.2) is 30.3 Å². The third-order valence-corrected chi connectivity index (χ3v) is 6.26. The van der Waals surface area contributed by atoms with Crippen LogP contribution >= 0.6 is 34.3 Å². The molecule has 25 heavy (non-hydrogen) atoms. The smallest absolute Gasteiger partial charge is 0.274 e. The number of benzene rings is 1. The van der Waals surface area contributed by atoms with Gasteiger partial charge in [-0.05, 0) is 24.3 Å². The van der Waals surface area contributed by atoms with Gasteiger partial charge >= 0.3 is 0 Å². The summed E-state index contributed by atoms with van der Waals surface area (Å²) in [6.07, 6.45) is 1.44. The van der Waals surface area contributed by atoms with Crippen LogP contribution in [-0.4, -0.2) is 35.0 Å². The van der Waals surface area contributed by atoms with E-state index in [2.05, 4.69) is 4.98 Å². The van der Waals surface area contributed by atoms with Gasteiger partial charge in [-0.15, -0.1) is 11.3 Å². The van der Waals surface area contributed by atoms with Crippen LogP contribution in [0, 0.1) is 5.82 Å². The van der Waals surface area contributed by atoms with Crippen molar-refractivity contribution >= 4 is 50.4 Å². The number of amides is 1. The molecule has 4 nitrogen and oxygen atoms in total. The van der Waals surface area contributed by atoms with Gasteiger partial charge < -0.3 is 9.64 Å². The Labute approximate surface area is 156 Å². The number of para-hydroxylation sites is 1. The van der Waals surface area contributed by atoms with Crippen molar-refractivity contribution in [3.05, 3.63) is 45.4 Å². The van der Waals surface area contributed by atoms with Gasteiger partial charge in [0.25, 0.3) is 11.1 Å². The van der Waals surface area contributed by atoms with E-state index in [4.69, 9.17) is 16.3 Å². The van der Waals surface area contributed by atoms with Crippen LogP contribution in [0.2, 0.25) is 4.34 Å². The number of rotatable bonds is 3. The van der Waals surface area contributed by atoms with Gasteiger partial charge in [-0.1, -0.05) is 29.0 Å². The quantitative estimate of drug-likeness (QED) is 0.636. The molecule has 3 heterocycles. The number of thiophene rings is 1. The lowest BCUT2D eigenvalue weighted by molar-refractivity contribution is 0.0600. The number of piperidine rings is 1. The van der Waals surface area contributed by atoms with E-state index in [0.29, 0.717) is 33.0 Å². The van der Waals surface area contributed by atoms with E-state index in [1.54, 1.807) is 18.2 Å². The van der Waals surface area contributed by atoms with Gasteiger partial charge in [-0.2, -0.15) is 4.98 Å². The van der Waals surface area contributed by atoms with Gasteiger partial charge in [-0.3, -0.25) is 4.79 Å². The molecule has 0 saturated carbocycles. The second-order valence-electron chi connectivity index (χ2n) is 5.78. The minimum Gasteiger partial charge on any atom is -0.467 e. The molecule has 1 aromatic carbocycles. The Morgan fingerprint density at radius 1 is 1.24 bits per heavy atom. The van der Waals surface area contributed by atoms with Crippen molar-refractivity contribution < 1.29 is 13.9 Å². The lowest BCUT2D eigenvalue weighted by atomic mass is 10.1. The fourth-order valence-corrected chi connectivity index (χ4v) is 4.76. The molecule has 0 N–H and O–H groups in total. The molecule has 130 valence electrons. The predicted molar refractivity (Wildman–Crippen MR) is 98.5 cm³/mol. The van der Waals surface area contributed by atoms with Gasteiger partial charge in [0.1, 0.15) is 17.4 Å². The van der Waals surface area contributed by atoms with Crippen LogP contribution in [0.1, 0.15) is 22.5 Å². The van der Waals surface area contributed by atoms with Gasteiger partial charge in [0.05, 0.1) is 13.9 Å². The predicted octanol–water partition coefficient (Wildman–Crippen LogP) is 4.83. The molecule has 0 bridgehead atoms. The highest BCUT2D eigenvalue weighted by Gasteiger charge is 2.26. The molecule has 4 rings (SSSR count). The van der Waals surface area contributed by atoms with Crippen molar-refractivity contribution in [3.63, 3.8) is 0 Å². The van der Waals surface area contributed by atoms with Gasteiger partial charge in [-0.25, -0.2) is 4.39 Å². The van der Waals surface area contributed by atoms with E-state index < -0.39 is 0 Å². The Balaban J connectivity index is 1.38. The molecule has 1 aliphatic rings.